The van der Waals surface area contributed by atoms with Gasteiger partial charge in [0.15, 0.2) is 0 Å². The molecule has 0 aliphatic carbocycles. The van der Waals surface area contributed by atoms with Crippen LogP contribution in [-0.4, -0.2) is 4.92 Å². The summed E-state index contributed by atoms with van der Waals surface area (Å²) in [6.45, 7) is 2.69. The number of nitrogens with zero attached hydrogens (tertiary/aromatic N) is 1. The van der Waals surface area contributed by atoms with E-state index in [1.807, 2.05) is 24.3 Å². The Bertz CT molecular complexity index is 582. The largest absolute Gasteiger partial charge is 0.381 e. The monoisotopic (exact) mass is 256 g/mol. The third-order valence-corrected chi connectivity index (χ3v) is 3.00. The lowest BCUT2D eigenvalue weighted by atomic mass is 10.1. The first-order chi connectivity index (χ1) is 9.20. The number of hydrogen-bond acceptors (Lipinski definition) is 3. The van der Waals surface area contributed by atoms with Crippen molar-refractivity contribution in [3.05, 3.63) is 69.8 Å². The lowest BCUT2D eigenvalue weighted by Crippen LogP contribution is -2.02. The van der Waals surface area contributed by atoms with Crippen LogP contribution in [0.4, 0.5) is 11.4 Å². The van der Waals surface area contributed by atoms with E-state index in [1.165, 1.54) is 11.6 Å². The summed E-state index contributed by atoms with van der Waals surface area (Å²) in [7, 11) is 0. The normalized spacial score (nSPS) is 10.2. The van der Waals surface area contributed by atoms with E-state index in [9.17, 15) is 10.1 Å². The fraction of sp³-hybridized carbons (Fsp3) is 0.200. The number of anilines is 1. The molecular weight excluding hydrogens is 240 g/mol. The molecule has 0 amide bonds. The molecule has 98 valence electrons. The smallest absolute Gasteiger partial charge is 0.269 e. The van der Waals surface area contributed by atoms with Gasteiger partial charge in [0.05, 0.1) is 4.92 Å². The fourth-order valence-electron chi connectivity index (χ4n) is 1.98. The second-order valence-electron chi connectivity index (χ2n) is 4.29. The molecule has 0 aliphatic rings. The summed E-state index contributed by atoms with van der Waals surface area (Å²) in [5.74, 6) is 0. The minimum atomic E-state index is -0.372. The van der Waals surface area contributed by atoms with Crippen LogP contribution in [0.2, 0.25) is 0 Å². The molecule has 2 aromatic rings. The van der Waals surface area contributed by atoms with Gasteiger partial charge in [-0.1, -0.05) is 37.3 Å². The number of para-hydroxylation sites is 1. The average molecular weight is 256 g/mol. The first kappa shape index (κ1) is 13.1. The van der Waals surface area contributed by atoms with Crippen molar-refractivity contribution in [2.24, 2.45) is 0 Å². The summed E-state index contributed by atoms with van der Waals surface area (Å²) in [5, 5.41) is 14.0. The highest BCUT2D eigenvalue weighted by atomic mass is 16.6. The SMILES string of the molecule is CCc1ccccc1NCc1cccc([N+](=O)[O-])c1. The van der Waals surface area contributed by atoms with E-state index in [0.717, 1.165) is 17.7 Å². The van der Waals surface area contributed by atoms with E-state index in [2.05, 4.69) is 18.3 Å². The lowest BCUT2D eigenvalue weighted by Gasteiger charge is -2.10. The van der Waals surface area contributed by atoms with Crippen LogP contribution in [0.3, 0.4) is 0 Å². The highest BCUT2D eigenvalue weighted by molar-refractivity contribution is 5.51. The molecule has 0 heterocycles. The molecular formula is C15H16N2O2. The van der Waals surface area contributed by atoms with Crippen LogP contribution in [0, 0.1) is 10.1 Å². The molecule has 0 radical (unpaired) electrons. The van der Waals surface area contributed by atoms with Crippen LogP contribution in [-0.2, 0) is 13.0 Å². The summed E-state index contributed by atoms with van der Waals surface area (Å²) in [5.41, 5.74) is 3.35. The van der Waals surface area contributed by atoms with Crippen LogP contribution in [0.1, 0.15) is 18.1 Å². The van der Waals surface area contributed by atoms with Crippen molar-refractivity contribution in [1.29, 1.82) is 0 Å². The van der Waals surface area contributed by atoms with Crippen molar-refractivity contribution in [3.8, 4) is 0 Å². The molecule has 4 nitrogen and oxygen atoms in total. The minimum Gasteiger partial charge on any atom is -0.381 e. The molecule has 1 N–H and O–H groups in total. The zero-order valence-electron chi connectivity index (χ0n) is 10.8. The third kappa shape index (κ3) is 3.31. The number of nitro benzene ring substituents is 1. The molecule has 0 unspecified atom stereocenters. The number of rotatable bonds is 5. The molecule has 2 aromatic carbocycles. The van der Waals surface area contributed by atoms with Crippen molar-refractivity contribution >= 4 is 11.4 Å². The van der Waals surface area contributed by atoms with Crippen molar-refractivity contribution < 1.29 is 4.92 Å². The van der Waals surface area contributed by atoms with E-state index in [4.69, 9.17) is 0 Å². The van der Waals surface area contributed by atoms with E-state index < -0.39 is 0 Å². The zero-order chi connectivity index (χ0) is 13.7. The Morgan fingerprint density at radius 1 is 1.16 bits per heavy atom. The average Bonchev–Trinajstić information content (AvgIpc) is 2.45. The molecule has 2 rings (SSSR count). The van der Waals surface area contributed by atoms with Gasteiger partial charge in [0.1, 0.15) is 0 Å². The van der Waals surface area contributed by atoms with Crippen LogP contribution in [0.5, 0.6) is 0 Å². The number of hydrogen-bond donors (Lipinski definition) is 1. The van der Waals surface area contributed by atoms with Crippen LogP contribution < -0.4 is 5.32 Å². The summed E-state index contributed by atoms with van der Waals surface area (Å²) in [6.07, 6.45) is 0.956. The predicted octanol–water partition coefficient (Wildman–Crippen LogP) is 3.77. The maximum absolute atomic E-state index is 10.7. The predicted molar refractivity (Wildman–Crippen MR) is 76.2 cm³/mol. The molecule has 0 saturated carbocycles. The van der Waals surface area contributed by atoms with Gasteiger partial charge in [0.2, 0.25) is 0 Å². The highest BCUT2D eigenvalue weighted by Crippen LogP contribution is 2.18. The summed E-state index contributed by atoms with van der Waals surface area (Å²) in [4.78, 5) is 10.3. The minimum absolute atomic E-state index is 0.128. The van der Waals surface area contributed by atoms with Crippen LogP contribution in [0.25, 0.3) is 0 Å². The molecule has 4 heteroatoms. The number of benzene rings is 2. The molecule has 0 fully saturated rings. The fourth-order valence-corrected chi connectivity index (χ4v) is 1.98. The first-order valence-corrected chi connectivity index (χ1v) is 6.26. The summed E-state index contributed by atoms with van der Waals surface area (Å²) < 4.78 is 0. The van der Waals surface area contributed by atoms with Crippen molar-refractivity contribution in [2.45, 2.75) is 19.9 Å². The number of non-ortho nitro benzene ring substituents is 1. The second kappa shape index (κ2) is 6.00. The first-order valence-electron chi connectivity index (χ1n) is 6.26. The number of nitro groups is 1. The van der Waals surface area contributed by atoms with Gasteiger partial charge in [0.25, 0.3) is 5.69 Å². The molecule has 0 atom stereocenters. The Kier molecular flexibility index (Phi) is 4.13. The van der Waals surface area contributed by atoms with Crippen molar-refractivity contribution in [1.82, 2.24) is 0 Å². The van der Waals surface area contributed by atoms with Gasteiger partial charge >= 0.3 is 0 Å². The van der Waals surface area contributed by atoms with Gasteiger partial charge < -0.3 is 5.32 Å². The molecule has 0 aromatic heterocycles. The molecule has 0 aliphatic heterocycles. The highest BCUT2D eigenvalue weighted by Gasteiger charge is 2.05. The maximum Gasteiger partial charge on any atom is 0.269 e. The van der Waals surface area contributed by atoms with Crippen molar-refractivity contribution in [3.63, 3.8) is 0 Å². The Morgan fingerprint density at radius 3 is 2.68 bits per heavy atom. The van der Waals surface area contributed by atoms with Crippen molar-refractivity contribution in [2.75, 3.05) is 5.32 Å². The Labute approximate surface area is 112 Å². The topological polar surface area (TPSA) is 55.2 Å². The van der Waals surface area contributed by atoms with Gasteiger partial charge in [-0.25, -0.2) is 0 Å². The maximum atomic E-state index is 10.7. The summed E-state index contributed by atoms with van der Waals surface area (Å²) in [6, 6.07) is 14.8. The van der Waals surface area contributed by atoms with E-state index in [1.54, 1.807) is 12.1 Å². The van der Waals surface area contributed by atoms with Gasteiger partial charge in [0, 0.05) is 24.4 Å². The van der Waals surface area contributed by atoms with E-state index >= 15 is 0 Å². The number of aryl methyl sites for hydroxylation is 1. The summed E-state index contributed by atoms with van der Waals surface area (Å²) >= 11 is 0. The number of nitrogens with one attached hydrogen (secondary N) is 1. The molecule has 0 spiro atoms. The van der Waals surface area contributed by atoms with E-state index in [-0.39, 0.29) is 10.6 Å². The Morgan fingerprint density at radius 2 is 1.95 bits per heavy atom. The van der Waals surface area contributed by atoms with Gasteiger partial charge in [-0.05, 0) is 23.6 Å². The van der Waals surface area contributed by atoms with Gasteiger partial charge in [-0.3, -0.25) is 10.1 Å². The standard InChI is InChI=1S/C15H16N2O2/c1-2-13-7-3-4-9-15(13)16-11-12-6-5-8-14(10-12)17(18)19/h3-10,16H,2,11H2,1H3. The lowest BCUT2D eigenvalue weighted by molar-refractivity contribution is -0.384. The molecule has 0 saturated heterocycles. The second-order valence-corrected chi connectivity index (χ2v) is 4.29. The van der Waals surface area contributed by atoms with Gasteiger partial charge in [-0.2, -0.15) is 0 Å². The van der Waals surface area contributed by atoms with Crippen LogP contribution in [0.15, 0.2) is 48.5 Å². The van der Waals surface area contributed by atoms with Gasteiger partial charge in [-0.15, -0.1) is 0 Å². The quantitative estimate of drug-likeness (QED) is 0.654. The van der Waals surface area contributed by atoms with Crippen LogP contribution >= 0.6 is 0 Å². The third-order valence-electron chi connectivity index (χ3n) is 3.00. The van der Waals surface area contributed by atoms with E-state index in [0.29, 0.717) is 6.54 Å². The zero-order valence-corrected chi connectivity index (χ0v) is 10.8. The Hall–Kier alpha value is -2.36. The molecule has 0 bridgehead atoms. The Balaban J connectivity index is 2.10. The molecule has 19 heavy (non-hydrogen) atoms.